The number of hydrogen-bond donors (Lipinski definition) is 2. The fraction of sp³-hybridized carbons (Fsp3) is 0.892. The van der Waals surface area contributed by atoms with Crippen LogP contribution >= 0.6 is 7.82 Å². The molecule has 9 nitrogen and oxygen atoms in total. The van der Waals surface area contributed by atoms with Crippen LogP contribution in [0.5, 0.6) is 0 Å². The molecule has 1 amide bonds. The van der Waals surface area contributed by atoms with Gasteiger partial charge in [-0.15, -0.1) is 0 Å². The molecule has 0 aromatic heterocycles. The van der Waals surface area contributed by atoms with Gasteiger partial charge in [0.25, 0.3) is 0 Å². The third kappa shape index (κ3) is 64.7. The number of phosphoric ester groups is 1. The highest BCUT2D eigenvalue weighted by molar-refractivity contribution is 7.47. The minimum Gasteiger partial charge on any atom is -0.456 e. The van der Waals surface area contributed by atoms with Crippen molar-refractivity contribution in [3.05, 3.63) is 36.5 Å². The monoisotopic (exact) mass is 1200 g/mol. The molecule has 0 spiro atoms. The largest absolute Gasteiger partial charge is 0.472 e. The fourth-order valence-corrected chi connectivity index (χ4v) is 11.9. The number of quaternary nitrogens is 1. The summed E-state index contributed by atoms with van der Waals surface area (Å²) in [6.45, 7) is 7.06. The van der Waals surface area contributed by atoms with Gasteiger partial charge in [0.05, 0.1) is 33.8 Å². The highest BCUT2D eigenvalue weighted by Gasteiger charge is 2.30. The van der Waals surface area contributed by atoms with Crippen molar-refractivity contribution in [2.75, 3.05) is 40.9 Å². The molecule has 10 heteroatoms. The Kier molecular flexibility index (Phi) is 62.9. The number of nitrogens with zero attached hydrogens (tertiary/aromatic N) is 1. The normalized spacial score (nSPS) is 13.7. The van der Waals surface area contributed by atoms with E-state index in [4.69, 9.17) is 13.8 Å². The van der Waals surface area contributed by atoms with Gasteiger partial charge in [0.1, 0.15) is 19.3 Å². The summed E-state index contributed by atoms with van der Waals surface area (Å²) in [6, 6.07) is -0.846. The van der Waals surface area contributed by atoms with Gasteiger partial charge in [-0.2, -0.15) is 0 Å². The quantitative estimate of drug-likeness (QED) is 0.0205. The lowest BCUT2D eigenvalue weighted by Gasteiger charge is -2.27. The zero-order valence-electron chi connectivity index (χ0n) is 56.9. The first kappa shape index (κ1) is 82.2. The lowest BCUT2D eigenvalue weighted by atomic mass is 10.0. The lowest BCUT2D eigenvalue weighted by Crippen LogP contribution is -2.47. The minimum absolute atomic E-state index is 0.0432. The van der Waals surface area contributed by atoms with Gasteiger partial charge in [-0.3, -0.25) is 18.6 Å². The number of allylic oxidation sites excluding steroid dienone is 5. The van der Waals surface area contributed by atoms with Crippen LogP contribution in [0.2, 0.25) is 0 Å². The van der Waals surface area contributed by atoms with Crippen LogP contribution in [-0.4, -0.2) is 74.3 Å². The molecule has 0 rings (SSSR count). The third-order valence-corrected chi connectivity index (χ3v) is 17.8. The van der Waals surface area contributed by atoms with Crippen molar-refractivity contribution in [3.8, 4) is 0 Å². The number of hydrogen-bond acceptors (Lipinski definition) is 6. The van der Waals surface area contributed by atoms with E-state index in [0.29, 0.717) is 23.9 Å². The smallest absolute Gasteiger partial charge is 0.456 e. The average Bonchev–Trinajstić information content (AvgIpc) is 3.64. The van der Waals surface area contributed by atoms with E-state index in [9.17, 15) is 19.0 Å². The van der Waals surface area contributed by atoms with E-state index in [1.165, 1.54) is 276 Å². The zero-order valence-corrected chi connectivity index (χ0v) is 57.8. The van der Waals surface area contributed by atoms with Crippen molar-refractivity contribution >= 4 is 19.7 Å². The fourth-order valence-electron chi connectivity index (χ4n) is 11.2. The van der Waals surface area contributed by atoms with Gasteiger partial charge in [-0.05, 0) is 63.9 Å². The number of unbranched alkanes of at least 4 members (excludes halogenated alkanes) is 48. The number of phosphoric acid groups is 1. The van der Waals surface area contributed by atoms with Crippen LogP contribution in [0.3, 0.4) is 0 Å². The number of carbonyl (C=O) groups excluding carboxylic acids is 2. The van der Waals surface area contributed by atoms with E-state index in [1.807, 2.05) is 27.2 Å². The van der Waals surface area contributed by atoms with Crippen LogP contribution in [0.15, 0.2) is 36.5 Å². The molecular weight excluding hydrogens is 1060 g/mol. The Morgan fingerprint density at radius 1 is 0.417 bits per heavy atom. The molecule has 2 N–H and O–H groups in total. The van der Waals surface area contributed by atoms with E-state index >= 15 is 0 Å². The summed E-state index contributed by atoms with van der Waals surface area (Å²) in [4.78, 5) is 37.9. The van der Waals surface area contributed by atoms with Crippen molar-refractivity contribution in [1.29, 1.82) is 0 Å². The maximum Gasteiger partial charge on any atom is 0.472 e. The van der Waals surface area contributed by atoms with Crippen LogP contribution in [0.25, 0.3) is 0 Å². The Hall–Kier alpha value is -1.77. The first-order valence-corrected chi connectivity index (χ1v) is 38.3. The lowest BCUT2D eigenvalue weighted by molar-refractivity contribution is -0.870. The molecule has 0 radical (unpaired) electrons. The second kappa shape index (κ2) is 64.2. The molecule has 0 saturated heterocycles. The number of likely N-dealkylation sites (N-methyl/N-ethyl adjacent to an activating group) is 1. The van der Waals surface area contributed by atoms with E-state index in [0.717, 1.165) is 64.2 Å². The van der Waals surface area contributed by atoms with E-state index in [-0.39, 0.29) is 25.1 Å². The van der Waals surface area contributed by atoms with Crippen molar-refractivity contribution in [1.82, 2.24) is 5.32 Å². The Bertz CT molecular complexity index is 1530. The Morgan fingerprint density at radius 3 is 1.10 bits per heavy atom. The molecule has 0 bridgehead atoms. The number of ether oxygens (including phenoxy) is 1. The average molecular weight is 1200 g/mol. The standard InChI is InChI=1S/C74H143N2O7P/c1-7-10-13-16-19-22-25-28-30-32-34-36-38-40-42-44-46-48-51-54-57-60-63-66-73(77)75-71(70-82-84(79,80)81-69-68-76(4,5)6)72(65-62-59-56-53-50-27-24-21-18-15-12-9-3)83-74(78)67-64-61-58-55-52-49-47-45-43-41-39-37-35-33-31-29-26-23-20-17-14-11-8-2/h19,22,28,30,62,65,71-72H,7-18,20-21,23-27,29,31-61,63-64,66-70H2,1-6H3,(H-,75,77,79,80)/p+1/b22-19-,30-28-,65-62+. The molecule has 0 aromatic rings. The predicted molar refractivity (Wildman–Crippen MR) is 365 cm³/mol. The van der Waals surface area contributed by atoms with Gasteiger partial charge in [0.15, 0.2) is 0 Å². The minimum atomic E-state index is -4.45. The number of nitrogens with one attached hydrogen (secondary N) is 1. The second-order valence-electron chi connectivity index (χ2n) is 26.5. The Morgan fingerprint density at radius 2 is 0.726 bits per heavy atom. The predicted octanol–water partition coefficient (Wildman–Crippen LogP) is 23.4. The van der Waals surface area contributed by atoms with Crippen molar-refractivity contribution in [3.63, 3.8) is 0 Å². The van der Waals surface area contributed by atoms with Crippen LogP contribution in [-0.2, 0) is 27.9 Å². The molecule has 0 fully saturated rings. The van der Waals surface area contributed by atoms with E-state index in [2.05, 4.69) is 56.5 Å². The molecule has 0 aromatic carbocycles. The van der Waals surface area contributed by atoms with Gasteiger partial charge in [-0.25, -0.2) is 4.57 Å². The highest BCUT2D eigenvalue weighted by Crippen LogP contribution is 2.43. The number of rotatable bonds is 68. The zero-order chi connectivity index (χ0) is 61.4. The number of esters is 1. The van der Waals surface area contributed by atoms with Gasteiger partial charge < -0.3 is 19.4 Å². The Balaban J connectivity index is 5.00. The van der Waals surface area contributed by atoms with Crippen LogP contribution in [0, 0.1) is 0 Å². The molecule has 0 aliphatic carbocycles. The summed E-state index contributed by atoms with van der Waals surface area (Å²) in [5.41, 5.74) is 0. The molecule has 0 aliphatic heterocycles. The SMILES string of the molecule is CCCCC/C=C\C/C=C\CCCCCCCCCCCCCCCC(=O)NC(COP(=O)(O)OCC[N+](C)(C)C)C(/C=C/CCCCCCCCCCCC)OC(=O)CCCCCCCCCCCCCCCCCCCCCCCCC. The van der Waals surface area contributed by atoms with Crippen molar-refractivity contribution in [2.45, 2.75) is 386 Å². The van der Waals surface area contributed by atoms with Gasteiger partial charge in [0, 0.05) is 12.8 Å². The summed E-state index contributed by atoms with van der Waals surface area (Å²) >= 11 is 0. The summed E-state index contributed by atoms with van der Waals surface area (Å²) in [5, 5.41) is 3.08. The van der Waals surface area contributed by atoms with Crippen LogP contribution in [0.1, 0.15) is 374 Å². The number of amides is 1. The molecule has 496 valence electrons. The van der Waals surface area contributed by atoms with Crippen molar-refractivity contribution < 1.29 is 37.3 Å². The summed E-state index contributed by atoms with van der Waals surface area (Å²) in [5.74, 6) is -0.484. The van der Waals surface area contributed by atoms with Crippen LogP contribution < -0.4 is 5.32 Å². The first-order valence-electron chi connectivity index (χ1n) is 36.8. The van der Waals surface area contributed by atoms with E-state index < -0.39 is 20.0 Å². The second-order valence-corrected chi connectivity index (χ2v) is 27.9. The van der Waals surface area contributed by atoms with Crippen LogP contribution in [0.4, 0.5) is 0 Å². The molecular formula is C74H144N2O7P+. The molecule has 3 atom stereocenters. The molecule has 84 heavy (non-hydrogen) atoms. The molecule has 0 heterocycles. The van der Waals surface area contributed by atoms with Gasteiger partial charge in [0.2, 0.25) is 5.91 Å². The summed E-state index contributed by atoms with van der Waals surface area (Å²) < 4.78 is 30.9. The van der Waals surface area contributed by atoms with E-state index in [1.54, 1.807) is 0 Å². The highest BCUT2D eigenvalue weighted by atomic mass is 31.2. The first-order chi connectivity index (χ1) is 40.9. The summed E-state index contributed by atoms with van der Waals surface area (Å²) in [6.07, 6.45) is 80.2. The Labute approximate surface area is 523 Å². The maximum absolute atomic E-state index is 13.6. The molecule has 0 aliphatic rings. The number of carbonyl (C=O) groups is 2. The van der Waals surface area contributed by atoms with Gasteiger partial charge >= 0.3 is 13.8 Å². The van der Waals surface area contributed by atoms with Crippen molar-refractivity contribution in [2.24, 2.45) is 0 Å². The molecule has 3 unspecified atom stereocenters. The van der Waals surface area contributed by atoms with Gasteiger partial charge in [-0.1, -0.05) is 334 Å². The molecule has 0 saturated carbocycles. The topological polar surface area (TPSA) is 111 Å². The third-order valence-electron chi connectivity index (χ3n) is 16.8. The maximum atomic E-state index is 13.6. The summed E-state index contributed by atoms with van der Waals surface area (Å²) in [7, 11) is 1.51.